The normalized spacial score (nSPS) is 16.9. The number of furan rings is 1. The summed E-state index contributed by atoms with van der Waals surface area (Å²) in [5.74, 6) is 1.59. The molecule has 0 fully saturated rings. The Bertz CT molecular complexity index is 988. The van der Waals surface area contributed by atoms with Crippen LogP contribution in [0.4, 0.5) is 5.82 Å². The Labute approximate surface area is 151 Å². The van der Waals surface area contributed by atoms with Crippen LogP contribution in [0.3, 0.4) is 0 Å². The van der Waals surface area contributed by atoms with Crippen LogP contribution in [0.15, 0.2) is 35.2 Å². The van der Waals surface area contributed by atoms with E-state index in [4.69, 9.17) is 10.2 Å². The molecule has 1 aliphatic heterocycles. The van der Waals surface area contributed by atoms with Gasteiger partial charge in [0.2, 0.25) is 0 Å². The van der Waals surface area contributed by atoms with Crippen LogP contribution in [0.25, 0.3) is 22.7 Å². The molecular formula is C19H18N6O. The second kappa shape index (κ2) is 6.24. The number of likely N-dealkylation sites (N-methyl/N-ethyl adjacent to an activating group) is 1. The summed E-state index contributed by atoms with van der Waals surface area (Å²) in [4.78, 5) is 15.5. The number of nitrogens with two attached hydrogens (primary N) is 1. The highest BCUT2D eigenvalue weighted by Gasteiger charge is 2.28. The van der Waals surface area contributed by atoms with Gasteiger partial charge in [0.25, 0.3) is 0 Å². The molecule has 4 rings (SSSR count). The summed E-state index contributed by atoms with van der Waals surface area (Å²) in [6.45, 7) is 3.73. The van der Waals surface area contributed by atoms with E-state index in [1.165, 1.54) is 0 Å². The highest BCUT2D eigenvalue weighted by molar-refractivity contribution is 5.79. The molecule has 3 aromatic heterocycles. The van der Waals surface area contributed by atoms with E-state index >= 15 is 0 Å². The van der Waals surface area contributed by atoms with Crippen LogP contribution in [0.5, 0.6) is 0 Å². The van der Waals surface area contributed by atoms with Gasteiger partial charge in [0.1, 0.15) is 17.5 Å². The van der Waals surface area contributed by atoms with Gasteiger partial charge in [-0.15, -0.1) is 0 Å². The zero-order valence-corrected chi connectivity index (χ0v) is 14.6. The molecule has 7 nitrogen and oxygen atoms in total. The summed E-state index contributed by atoms with van der Waals surface area (Å²) >= 11 is 0. The fraction of sp³-hybridized carbons (Fsp3) is 0.263. The Morgan fingerprint density at radius 3 is 2.77 bits per heavy atom. The number of nitrogen functional groups attached to an aromatic ring is 1. The monoisotopic (exact) mass is 346 g/mol. The van der Waals surface area contributed by atoms with E-state index in [2.05, 4.69) is 39.9 Å². The predicted octanol–water partition coefficient (Wildman–Crippen LogP) is 2.80. The van der Waals surface area contributed by atoms with Gasteiger partial charge in [-0.05, 0) is 24.7 Å². The van der Waals surface area contributed by atoms with Gasteiger partial charge in [0.15, 0.2) is 11.6 Å². The Kier molecular flexibility index (Phi) is 3.90. The fourth-order valence-corrected chi connectivity index (χ4v) is 3.54. The molecule has 0 amide bonds. The van der Waals surface area contributed by atoms with Crippen LogP contribution < -0.4 is 5.73 Å². The number of hydrogen-bond acceptors (Lipinski definition) is 7. The Morgan fingerprint density at radius 2 is 2.12 bits per heavy atom. The minimum Gasteiger partial charge on any atom is -0.461 e. The average Bonchev–Trinajstić information content (AvgIpc) is 3.16. The molecule has 0 bridgehead atoms. The van der Waals surface area contributed by atoms with Crippen molar-refractivity contribution < 1.29 is 4.42 Å². The minimum atomic E-state index is 0.237. The third kappa shape index (κ3) is 2.61. The number of rotatable bonds is 2. The first-order chi connectivity index (χ1) is 12.6. The standard InChI is InChI=1S/C19H18N6O/c1-11-9-25(2)10-14-16(13(6-20)18(21)24-17(11)14)12-7-22-19(23-8-12)15-4-3-5-26-15/h3-5,7-8,11H,9-10H2,1-2H3,(H2,21,24). The quantitative estimate of drug-likeness (QED) is 0.760. The smallest absolute Gasteiger partial charge is 0.195 e. The summed E-state index contributed by atoms with van der Waals surface area (Å²) in [7, 11) is 2.06. The van der Waals surface area contributed by atoms with E-state index in [9.17, 15) is 5.26 Å². The second-order valence-electron chi connectivity index (χ2n) is 6.59. The van der Waals surface area contributed by atoms with Crippen molar-refractivity contribution in [2.45, 2.75) is 19.4 Å². The molecule has 0 spiro atoms. The topological polar surface area (TPSA) is 105 Å². The Balaban J connectivity index is 1.89. The van der Waals surface area contributed by atoms with Gasteiger partial charge >= 0.3 is 0 Å². The largest absolute Gasteiger partial charge is 0.461 e. The highest BCUT2D eigenvalue weighted by atomic mass is 16.3. The number of aromatic nitrogens is 3. The van der Waals surface area contributed by atoms with Crippen molar-refractivity contribution in [2.75, 3.05) is 19.3 Å². The molecule has 0 saturated carbocycles. The number of hydrogen-bond donors (Lipinski definition) is 1. The van der Waals surface area contributed by atoms with Crippen molar-refractivity contribution in [2.24, 2.45) is 0 Å². The molecule has 26 heavy (non-hydrogen) atoms. The summed E-state index contributed by atoms with van der Waals surface area (Å²) in [5.41, 5.74) is 9.97. The number of nitriles is 1. The lowest BCUT2D eigenvalue weighted by atomic mass is 9.88. The van der Waals surface area contributed by atoms with E-state index in [-0.39, 0.29) is 11.7 Å². The maximum atomic E-state index is 9.66. The first-order valence-corrected chi connectivity index (χ1v) is 8.35. The van der Waals surface area contributed by atoms with Crippen molar-refractivity contribution >= 4 is 5.82 Å². The van der Waals surface area contributed by atoms with E-state index < -0.39 is 0 Å². The molecule has 1 aliphatic rings. The first-order valence-electron chi connectivity index (χ1n) is 8.35. The molecule has 7 heteroatoms. The lowest BCUT2D eigenvalue weighted by Crippen LogP contribution is -2.31. The molecule has 0 saturated heterocycles. The van der Waals surface area contributed by atoms with Crippen LogP contribution >= 0.6 is 0 Å². The summed E-state index contributed by atoms with van der Waals surface area (Å²) in [6.07, 6.45) is 5.00. The van der Waals surface area contributed by atoms with Crippen LogP contribution in [-0.2, 0) is 6.54 Å². The lowest BCUT2D eigenvalue weighted by Gasteiger charge is -2.31. The average molecular weight is 346 g/mol. The van der Waals surface area contributed by atoms with Gasteiger partial charge in [0.05, 0.1) is 12.0 Å². The Morgan fingerprint density at radius 1 is 1.35 bits per heavy atom. The predicted molar refractivity (Wildman–Crippen MR) is 96.8 cm³/mol. The zero-order chi connectivity index (χ0) is 18.3. The molecule has 1 unspecified atom stereocenters. The number of anilines is 1. The van der Waals surface area contributed by atoms with Crippen molar-refractivity contribution in [3.05, 3.63) is 47.6 Å². The lowest BCUT2D eigenvalue weighted by molar-refractivity contribution is 0.285. The third-order valence-electron chi connectivity index (χ3n) is 4.63. The second-order valence-corrected chi connectivity index (χ2v) is 6.59. The van der Waals surface area contributed by atoms with Crippen LogP contribution in [-0.4, -0.2) is 33.4 Å². The van der Waals surface area contributed by atoms with Gasteiger partial charge < -0.3 is 15.1 Å². The van der Waals surface area contributed by atoms with E-state index in [0.29, 0.717) is 23.7 Å². The number of nitrogens with zero attached hydrogens (tertiary/aromatic N) is 5. The highest BCUT2D eigenvalue weighted by Crippen LogP contribution is 2.37. The van der Waals surface area contributed by atoms with Crippen molar-refractivity contribution in [1.82, 2.24) is 19.9 Å². The molecule has 0 radical (unpaired) electrons. The van der Waals surface area contributed by atoms with Crippen LogP contribution in [0, 0.1) is 11.3 Å². The van der Waals surface area contributed by atoms with Gasteiger partial charge in [-0.25, -0.2) is 15.0 Å². The Hall–Kier alpha value is -3.24. The maximum Gasteiger partial charge on any atom is 0.195 e. The van der Waals surface area contributed by atoms with E-state index in [1.807, 2.05) is 0 Å². The molecule has 0 aliphatic carbocycles. The molecule has 2 N–H and O–H groups in total. The fourth-order valence-electron chi connectivity index (χ4n) is 3.54. The van der Waals surface area contributed by atoms with Gasteiger partial charge in [-0.1, -0.05) is 6.92 Å². The van der Waals surface area contributed by atoms with Gasteiger partial charge in [-0.3, -0.25) is 0 Å². The first kappa shape index (κ1) is 16.2. The number of pyridine rings is 1. The summed E-state index contributed by atoms with van der Waals surface area (Å²) < 4.78 is 5.33. The molecular weight excluding hydrogens is 328 g/mol. The van der Waals surface area contributed by atoms with Crippen LogP contribution in [0.2, 0.25) is 0 Å². The molecule has 1 atom stereocenters. The van der Waals surface area contributed by atoms with Crippen molar-refractivity contribution in [3.8, 4) is 28.8 Å². The third-order valence-corrected chi connectivity index (χ3v) is 4.63. The molecule has 0 aromatic carbocycles. The maximum absolute atomic E-state index is 9.66. The van der Waals surface area contributed by atoms with Gasteiger partial charge in [-0.2, -0.15) is 5.26 Å². The SMILES string of the molecule is CC1CN(C)Cc2c1nc(N)c(C#N)c2-c1cnc(-c2ccco2)nc1. The molecule has 4 heterocycles. The summed E-state index contributed by atoms with van der Waals surface area (Å²) in [6, 6.07) is 5.80. The van der Waals surface area contributed by atoms with Gasteiger partial charge in [0, 0.05) is 42.5 Å². The number of fused-ring (bicyclic) bond motifs is 1. The van der Waals surface area contributed by atoms with E-state index in [0.717, 1.165) is 28.9 Å². The van der Waals surface area contributed by atoms with E-state index in [1.54, 1.807) is 30.8 Å². The van der Waals surface area contributed by atoms with Crippen molar-refractivity contribution in [3.63, 3.8) is 0 Å². The van der Waals surface area contributed by atoms with Crippen molar-refractivity contribution in [1.29, 1.82) is 5.26 Å². The zero-order valence-electron chi connectivity index (χ0n) is 14.6. The minimum absolute atomic E-state index is 0.237. The van der Waals surface area contributed by atoms with Crippen LogP contribution in [0.1, 0.15) is 29.7 Å². The molecule has 3 aromatic rings. The summed E-state index contributed by atoms with van der Waals surface area (Å²) in [5, 5.41) is 9.66. The molecule has 130 valence electrons.